The van der Waals surface area contributed by atoms with Crippen molar-refractivity contribution in [3.8, 4) is 0 Å². The SMILES string of the molecule is O=[N+]([O-])c1ccc2c(c1)[n+](=O)c1ccc(Cl)cc1n2[O-]. The van der Waals surface area contributed by atoms with Crippen molar-refractivity contribution in [3.05, 3.63) is 61.6 Å². The van der Waals surface area contributed by atoms with Gasteiger partial charge in [0, 0.05) is 22.1 Å². The van der Waals surface area contributed by atoms with E-state index in [9.17, 15) is 20.2 Å². The lowest BCUT2D eigenvalue weighted by Crippen LogP contribution is -2.19. The first-order valence-corrected chi connectivity index (χ1v) is 5.89. The van der Waals surface area contributed by atoms with E-state index in [0.717, 1.165) is 6.07 Å². The summed E-state index contributed by atoms with van der Waals surface area (Å²) in [6.45, 7) is 0. The fourth-order valence-corrected chi connectivity index (χ4v) is 2.22. The minimum absolute atomic E-state index is 0.0420. The van der Waals surface area contributed by atoms with E-state index in [1.54, 1.807) is 0 Å². The van der Waals surface area contributed by atoms with Gasteiger partial charge in [-0.25, -0.2) is 0 Å². The van der Waals surface area contributed by atoms with Crippen LogP contribution in [0.2, 0.25) is 5.02 Å². The summed E-state index contributed by atoms with van der Waals surface area (Å²) >= 11 is 5.81. The number of nitrogens with zero attached hydrogens (tertiary/aromatic N) is 3. The van der Waals surface area contributed by atoms with E-state index in [4.69, 9.17) is 11.6 Å². The van der Waals surface area contributed by atoms with E-state index in [1.165, 1.54) is 30.3 Å². The van der Waals surface area contributed by atoms with Crippen molar-refractivity contribution in [1.82, 2.24) is 4.73 Å². The zero-order valence-corrected chi connectivity index (χ0v) is 10.6. The van der Waals surface area contributed by atoms with Crippen LogP contribution in [-0.4, -0.2) is 9.65 Å². The zero-order valence-electron chi connectivity index (χ0n) is 9.82. The summed E-state index contributed by atoms with van der Waals surface area (Å²) in [5.74, 6) is 0. The molecule has 0 radical (unpaired) electrons. The second kappa shape index (κ2) is 4.17. The summed E-state index contributed by atoms with van der Waals surface area (Å²) in [6, 6.07) is 7.74. The van der Waals surface area contributed by atoms with Crippen molar-refractivity contribution in [2.75, 3.05) is 0 Å². The fraction of sp³-hybridized carbons (Fsp3) is 0. The van der Waals surface area contributed by atoms with Crippen molar-refractivity contribution in [2.45, 2.75) is 0 Å². The molecule has 0 amide bonds. The van der Waals surface area contributed by atoms with Gasteiger partial charge in [0.1, 0.15) is 11.0 Å². The highest BCUT2D eigenvalue weighted by Crippen LogP contribution is 2.23. The van der Waals surface area contributed by atoms with Gasteiger partial charge in [-0.1, -0.05) is 11.6 Å². The first-order valence-electron chi connectivity index (χ1n) is 5.51. The van der Waals surface area contributed by atoms with E-state index in [1.807, 2.05) is 0 Å². The van der Waals surface area contributed by atoms with Crippen molar-refractivity contribution < 1.29 is 9.35 Å². The number of fused-ring (bicyclic) bond motifs is 2. The van der Waals surface area contributed by atoms with E-state index in [2.05, 4.69) is 0 Å². The Bertz CT molecular complexity index is 935. The second-order valence-electron chi connectivity index (χ2n) is 4.15. The highest BCUT2D eigenvalue weighted by atomic mass is 35.5. The lowest BCUT2D eigenvalue weighted by atomic mass is 10.2. The molecule has 20 heavy (non-hydrogen) atoms. The molecule has 0 fully saturated rings. The molecule has 0 bridgehead atoms. The molecule has 1 aromatic heterocycles. The second-order valence-corrected chi connectivity index (χ2v) is 4.59. The van der Waals surface area contributed by atoms with Gasteiger partial charge in [-0.2, -0.15) is 0 Å². The van der Waals surface area contributed by atoms with Gasteiger partial charge in [-0.15, -0.1) is 0 Å². The summed E-state index contributed by atoms with van der Waals surface area (Å²) in [7, 11) is 0. The zero-order chi connectivity index (χ0) is 14.4. The smallest absolute Gasteiger partial charge is 0.293 e. The van der Waals surface area contributed by atoms with Crippen LogP contribution in [-0.2, 0) is 0 Å². The summed E-state index contributed by atoms with van der Waals surface area (Å²) in [5.41, 5.74) is -0.0777. The highest BCUT2D eigenvalue weighted by molar-refractivity contribution is 6.31. The summed E-state index contributed by atoms with van der Waals surface area (Å²) in [5, 5.41) is 23.3. The topological polar surface area (TPSA) is 94.1 Å². The van der Waals surface area contributed by atoms with Crippen LogP contribution < -0.4 is 4.43 Å². The molecule has 3 rings (SSSR count). The van der Waals surface area contributed by atoms with Crippen LogP contribution in [0.4, 0.5) is 5.69 Å². The third-order valence-corrected chi connectivity index (χ3v) is 3.22. The van der Waals surface area contributed by atoms with E-state index < -0.39 is 4.92 Å². The third kappa shape index (κ3) is 1.68. The molecule has 0 saturated heterocycles. The Kier molecular flexibility index (Phi) is 2.58. The molecule has 0 aliphatic heterocycles. The number of hydrogen-bond donors (Lipinski definition) is 0. The lowest BCUT2D eigenvalue weighted by Gasteiger charge is -2.13. The monoisotopic (exact) mass is 291 g/mol. The molecular weight excluding hydrogens is 286 g/mol. The van der Waals surface area contributed by atoms with Crippen LogP contribution in [0.25, 0.3) is 22.1 Å². The first-order chi connectivity index (χ1) is 9.49. The van der Waals surface area contributed by atoms with Gasteiger partial charge in [0.05, 0.1) is 15.4 Å². The van der Waals surface area contributed by atoms with Gasteiger partial charge >= 0.3 is 0 Å². The molecular formula is C12H6ClN3O4. The lowest BCUT2D eigenvalue weighted by molar-refractivity contribution is -0.433. The average Bonchev–Trinajstić information content (AvgIpc) is 2.44. The quantitative estimate of drug-likeness (QED) is 0.298. The first kappa shape index (κ1) is 12.4. The number of hydrogen-bond acceptors (Lipinski definition) is 4. The predicted octanol–water partition coefficient (Wildman–Crippen LogP) is 2.62. The Hall–Kier alpha value is -2.67. The van der Waals surface area contributed by atoms with Crippen molar-refractivity contribution >= 4 is 39.4 Å². The number of rotatable bonds is 1. The highest BCUT2D eigenvalue weighted by Gasteiger charge is 2.19. The van der Waals surface area contributed by atoms with Crippen LogP contribution in [0, 0.1) is 20.2 Å². The average molecular weight is 292 g/mol. The predicted molar refractivity (Wildman–Crippen MR) is 73.2 cm³/mol. The number of non-ortho nitro benzene ring substituents is 1. The molecule has 1 heterocycles. The molecule has 0 saturated carbocycles. The van der Waals surface area contributed by atoms with Crippen LogP contribution >= 0.6 is 11.6 Å². The summed E-state index contributed by atoms with van der Waals surface area (Å²) in [4.78, 5) is 22.3. The number of aromatic nitrogens is 2. The van der Waals surface area contributed by atoms with E-state index in [0.29, 0.717) is 14.2 Å². The minimum Gasteiger partial charge on any atom is -0.805 e. The molecule has 2 aromatic carbocycles. The van der Waals surface area contributed by atoms with Crippen LogP contribution in [0.5, 0.6) is 0 Å². The molecule has 8 heteroatoms. The molecule has 0 aliphatic rings. The van der Waals surface area contributed by atoms with Crippen LogP contribution in [0.15, 0.2) is 36.4 Å². The molecule has 0 atom stereocenters. The maximum atomic E-state index is 12.2. The Morgan fingerprint density at radius 1 is 1.10 bits per heavy atom. The molecule has 0 spiro atoms. The minimum atomic E-state index is -0.624. The van der Waals surface area contributed by atoms with E-state index >= 15 is 0 Å². The number of benzene rings is 2. The molecule has 100 valence electrons. The standard InChI is InChI=1S/C12H6ClN3O4/c13-7-1-3-9-11(5-7)14(17)10-4-2-8(16(19)20)6-12(10)15(9)18/h1-6H. The van der Waals surface area contributed by atoms with Gasteiger partial charge in [0.25, 0.3) is 16.7 Å². The van der Waals surface area contributed by atoms with Crippen molar-refractivity contribution in [3.63, 3.8) is 0 Å². The van der Waals surface area contributed by atoms with Gasteiger partial charge < -0.3 is 9.94 Å². The molecule has 7 nitrogen and oxygen atoms in total. The van der Waals surface area contributed by atoms with Gasteiger partial charge in [0.15, 0.2) is 0 Å². The van der Waals surface area contributed by atoms with Crippen LogP contribution in [0.1, 0.15) is 0 Å². The van der Waals surface area contributed by atoms with Crippen molar-refractivity contribution in [1.29, 1.82) is 0 Å². The Morgan fingerprint density at radius 2 is 1.85 bits per heavy atom. The maximum Gasteiger partial charge on any atom is 0.293 e. The maximum absolute atomic E-state index is 12.2. The normalized spacial score (nSPS) is 11.1. The summed E-state index contributed by atoms with van der Waals surface area (Å²) < 4.78 is 1.02. The Balaban J connectivity index is 2.55. The van der Waals surface area contributed by atoms with Gasteiger partial charge in [-0.3, -0.25) is 10.1 Å². The molecule has 0 unspecified atom stereocenters. The Labute approximate surface area is 116 Å². The Morgan fingerprint density at radius 3 is 2.55 bits per heavy atom. The van der Waals surface area contributed by atoms with Crippen molar-refractivity contribution in [2.24, 2.45) is 0 Å². The molecule has 3 aromatic rings. The van der Waals surface area contributed by atoms with Crippen LogP contribution in [0.3, 0.4) is 0 Å². The number of nitro groups is 1. The van der Waals surface area contributed by atoms with Gasteiger partial charge in [-0.05, 0) is 18.2 Å². The summed E-state index contributed by atoms with van der Waals surface area (Å²) in [6.07, 6.45) is 0. The van der Waals surface area contributed by atoms with Gasteiger partial charge in [0.2, 0.25) is 0 Å². The fourth-order valence-electron chi connectivity index (χ4n) is 2.05. The molecule has 0 aliphatic carbocycles. The number of nitro benzene ring substituents is 1. The van der Waals surface area contributed by atoms with E-state index in [-0.39, 0.29) is 27.8 Å². The largest absolute Gasteiger partial charge is 0.805 e. The molecule has 0 N–H and O–H groups in total. The number of halogens is 1. The third-order valence-electron chi connectivity index (χ3n) is 2.98.